The van der Waals surface area contributed by atoms with Gasteiger partial charge < -0.3 is 10.5 Å². The number of nitrogens with zero attached hydrogens (tertiary/aromatic N) is 1. The van der Waals surface area contributed by atoms with Crippen molar-refractivity contribution in [2.75, 3.05) is 5.32 Å². The SMILES string of the molecule is C/C(=N\O)c1ccccc1Nc1ccc(C)cc1. The first kappa shape index (κ1) is 12.2. The third-order valence-electron chi connectivity index (χ3n) is 2.80. The van der Waals surface area contributed by atoms with Crippen LogP contribution in [0, 0.1) is 6.92 Å². The van der Waals surface area contributed by atoms with Gasteiger partial charge in [-0.2, -0.15) is 0 Å². The zero-order chi connectivity index (χ0) is 13.0. The molecule has 0 amide bonds. The molecule has 2 aromatic rings. The summed E-state index contributed by atoms with van der Waals surface area (Å²) in [7, 11) is 0. The molecule has 0 saturated heterocycles. The van der Waals surface area contributed by atoms with Gasteiger partial charge in [0.2, 0.25) is 0 Å². The van der Waals surface area contributed by atoms with Crippen LogP contribution in [0.3, 0.4) is 0 Å². The third-order valence-corrected chi connectivity index (χ3v) is 2.80. The van der Waals surface area contributed by atoms with E-state index in [0.717, 1.165) is 16.9 Å². The minimum atomic E-state index is 0.588. The second-order valence-electron chi connectivity index (χ2n) is 4.22. The van der Waals surface area contributed by atoms with Gasteiger partial charge in [-0.1, -0.05) is 41.1 Å². The first-order chi connectivity index (χ1) is 8.70. The van der Waals surface area contributed by atoms with E-state index >= 15 is 0 Å². The van der Waals surface area contributed by atoms with Crippen molar-refractivity contribution >= 4 is 17.1 Å². The highest BCUT2D eigenvalue weighted by Gasteiger charge is 2.05. The van der Waals surface area contributed by atoms with Crippen LogP contribution < -0.4 is 5.32 Å². The van der Waals surface area contributed by atoms with E-state index in [-0.39, 0.29) is 0 Å². The lowest BCUT2D eigenvalue weighted by atomic mass is 10.1. The highest BCUT2D eigenvalue weighted by Crippen LogP contribution is 2.21. The molecule has 0 aliphatic heterocycles. The van der Waals surface area contributed by atoms with Crippen molar-refractivity contribution in [1.29, 1.82) is 0 Å². The average molecular weight is 240 g/mol. The summed E-state index contributed by atoms with van der Waals surface area (Å²) >= 11 is 0. The van der Waals surface area contributed by atoms with Crippen molar-refractivity contribution < 1.29 is 5.21 Å². The quantitative estimate of drug-likeness (QED) is 0.485. The molecule has 3 nitrogen and oxygen atoms in total. The van der Waals surface area contributed by atoms with Crippen molar-refractivity contribution in [2.45, 2.75) is 13.8 Å². The Labute approximate surface area is 107 Å². The van der Waals surface area contributed by atoms with Gasteiger partial charge in [0, 0.05) is 16.9 Å². The fraction of sp³-hybridized carbons (Fsp3) is 0.133. The normalized spacial score (nSPS) is 11.3. The maximum Gasteiger partial charge on any atom is 0.0857 e. The molecule has 2 rings (SSSR count). The van der Waals surface area contributed by atoms with E-state index in [0.29, 0.717) is 5.71 Å². The minimum Gasteiger partial charge on any atom is -0.411 e. The summed E-state index contributed by atoms with van der Waals surface area (Å²) in [6.45, 7) is 3.83. The maximum atomic E-state index is 8.88. The zero-order valence-corrected chi connectivity index (χ0v) is 10.5. The monoisotopic (exact) mass is 240 g/mol. The molecular weight excluding hydrogens is 224 g/mol. The molecule has 18 heavy (non-hydrogen) atoms. The average Bonchev–Trinajstić information content (AvgIpc) is 2.41. The largest absolute Gasteiger partial charge is 0.411 e. The summed E-state index contributed by atoms with van der Waals surface area (Å²) in [4.78, 5) is 0. The molecule has 0 aromatic heterocycles. The molecule has 0 aliphatic rings. The van der Waals surface area contributed by atoms with Crippen LogP contribution in [0.4, 0.5) is 11.4 Å². The molecule has 0 saturated carbocycles. The number of para-hydroxylation sites is 1. The Morgan fingerprint density at radius 1 is 1.06 bits per heavy atom. The van der Waals surface area contributed by atoms with Crippen molar-refractivity contribution in [1.82, 2.24) is 0 Å². The number of rotatable bonds is 3. The van der Waals surface area contributed by atoms with Gasteiger partial charge in [0.25, 0.3) is 0 Å². The van der Waals surface area contributed by atoms with Gasteiger partial charge in [0.05, 0.1) is 5.71 Å². The Hall–Kier alpha value is -2.29. The predicted molar refractivity (Wildman–Crippen MR) is 74.9 cm³/mol. The lowest BCUT2D eigenvalue weighted by Gasteiger charge is -2.11. The number of nitrogens with one attached hydrogen (secondary N) is 1. The molecule has 0 spiro atoms. The molecule has 0 radical (unpaired) electrons. The van der Waals surface area contributed by atoms with Crippen molar-refractivity contribution in [3.05, 3.63) is 59.7 Å². The molecule has 0 fully saturated rings. The Morgan fingerprint density at radius 3 is 2.39 bits per heavy atom. The zero-order valence-electron chi connectivity index (χ0n) is 10.5. The van der Waals surface area contributed by atoms with E-state index in [1.54, 1.807) is 6.92 Å². The number of anilines is 2. The van der Waals surface area contributed by atoms with Crippen LogP contribution in [-0.2, 0) is 0 Å². The van der Waals surface area contributed by atoms with Crippen LogP contribution in [0.5, 0.6) is 0 Å². The molecular formula is C15H16N2O. The number of aryl methyl sites for hydroxylation is 1. The fourth-order valence-electron chi connectivity index (χ4n) is 1.75. The summed E-state index contributed by atoms with van der Waals surface area (Å²) < 4.78 is 0. The van der Waals surface area contributed by atoms with Crippen LogP contribution in [0.15, 0.2) is 53.7 Å². The van der Waals surface area contributed by atoms with E-state index in [1.165, 1.54) is 5.56 Å². The Bertz CT molecular complexity index is 559. The number of oxime groups is 1. The molecule has 0 bridgehead atoms. The standard InChI is InChI=1S/C15H16N2O/c1-11-7-9-13(10-8-11)16-15-6-4-3-5-14(15)12(2)17-18/h3-10,16,18H,1-2H3/b17-12+. The van der Waals surface area contributed by atoms with Gasteiger partial charge in [-0.05, 0) is 32.0 Å². The van der Waals surface area contributed by atoms with Gasteiger partial charge in [0.1, 0.15) is 0 Å². The van der Waals surface area contributed by atoms with Gasteiger partial charge in [-0.15, -0.1) is 0 Å². The highest BCUT2D eigenvalue weighted by atomic mass is 16.4. The summed E-state index contributed by atoms with van der Waals surface area (Å²) in [5.41, 5.74) is 4.64. The van der Waals surface area contributed by atoms with Crippen LogP contribution in [-0.4, -0.2) is 10.9 Å². The van der Waals surface area contributed by atoms with Gasteiger partial charge in [-0.3, -0.25) is 0 Å². The second kappa shape index (κ2) is 5.36. The van der Waals surface area contributed by atoms with E-state index < -0.39 is 0 Å². The van der Waals surface area contributed by atoms with Crippen molar-refractivity contribution in [2.24, 2.45) is 5.16 Å². The minimum absolute atomic E-state index is 0.588. The highest BCUT2D eigenvalue weighted by molar-refractivity contribution is 6.03. The molecule has 0 unspecified atom stereocenters. The van der Waals surface area contributed by atoms with Crippen LogP contribution in [0.1, 0.15) is 18.1 Å². The van der Waals surface area contributed by atoms with Crippen LogP contribution in [0.2, 0.25) is 0 Å². The van der Waals surface area contributed by atoms with Crippen molar-refractivity contribution in [3.63, 3.8) is 0 Å². The van der Waals surface area contributed by atoms with Gasteiger partial charge in [0.15, 0.2) is 0 Å². The summed E-state index contributed by atoms with van der Waals surface area (Å²) in [5.74, 6) is 0. The molecule has 0 aliphatic carbocycles. The summed E-state index contributed by atoms with van der Waals surface area (Å²) in [6, 6.07) is 15.9. The number of benzene rings is 2. The fourth-order valence-corrected chi connectivity index (χ4v) is 1.75. The Morgan fingerprint density at radius 2 is 1.72 bits per heavy atom. The second-order valence-corrected chi connectivity index (χ2v) is 4.22. The van der Waals surface area contributed by atoms with E-state index in [2.05, 4.69) is 29.5 Å². The first-order valence-electron chi connectivity index (χ1n) is 5.82. The van der Waals surface area contributed by atoms with E-state index in [4.69, 9.17) is 5.21 Å². The number of hydrogen-bond donors (Lipinski definition) is 2. The predicted octanol–water partition coefficient (Wildman–Crippen LogP) is 3.94. The molecule has 0 atom stereocenters. The van der Waals surface area contributed by atoms with Crippen molar-refractivity contribution in [3.8, 4) is 0 Å². The van der Waals surface area contributed by atoms with E-state index in [1.807, 2.05) is 36.4 Å². The molecule has 3 heteroatoms. The molecule has 0 heterocycles. The Balaban J connectivity index is 2.32. The maximum absolute atomic E-state index is 8.88. The smallest absolute Gasteiger partial charge is 0.0857 e. The molecule has 2 N–H and O–H groups in total. The lowest BCUT2D eigenvalue weighted by Crippen LogP contribution is -2.01. The molecule has 92 valence electrons. The van der Waals surface area contributed by atoms with Crippen LogP contribution >= 0.6 is 0 Å². The topological polar surface area (TPSA) is 44.6 Å². The van der Waals surface area contributed by atoms with E-state index in [9.17, 15) is 0 Å². The molecule has 2 aromatic carbocycles. The van der Waals surface area contributed by atoms with Gasteiger partial charge >= 0.3 is 0 Å². The van der Waals surface area contributed by atoms with Gasteiger partial charge in [-0.25, -0.2) is 0 Å². The number of hydrogen-bond acceptors (Lipinski definition) is 3. The summed E-state index contributed by atoms with van der Waals surface area (Å²) in [6.07, 6.45) is 0. The lowest BCUT2D eigenvalue weighted by molar-refractivity contribution is 0.319. The Kier molecular flexibility index (Phi) is 3.63. The summed E-state index contributed by atoms with van der Waals surface area (Å²) in [5, 5.41) is 15.5. The third kappa shape index (κ3) is 2.69. The van der Waals surface area contributed by atoms with Crippen LogP contribution in [0.25, 0.3) is 0 Å². The first-order valence-corrected chi connectivity index (χ1v) is 5.82.